The number of H-pyrrole nitrogens is 1. The maximum Gasteiger partial charge on any atom is 0.349 e. The average Bonchev–Trinajstić information content (AvgIpc) is 2.49. The highest BCUT2D eigenvalue weighted by Gasteiger charge is 2.20. The third-order valence-corrected chi connectivity index (χ3v) is 3.75. The monoisotopic (exact) mass is 314 g/mol. The number of aliphatic hydroxyl groups excluding tert-OH is 1. The minimum Gasteiger partial charge on any atom is -0.384 e. The molecule has 3 rings (SSSR count). The van der Waals surface area contributed by atoms with Crippen molar-refractivity contribution >= 4 is 17.3 Å². The highest BCUT2D eigenvalue weighted by Crippen LogP contribution is 2.23. The number of aromatic amines is 1. The Labute approximate surface area is 129 Å². The zero-order valence-electron chi connectivity index (χ0n) is 12.5. The molecule has 1 aromatic carbocycles. The highest BCUT2D eigenvalue weighted by molar-refractivity contribution is 5.81. The van der Waals surface area contributed by atoms with Gasteiger partial charge in [-0.2, -0.15) is 4.98 Å². The Bertz CT molecular complexity index is 1000. The fraction of sp³-hybridized carbons (Fsp3) is 0.267. The van der Waals surface area contributed by atoms with Crippen molar-refractivity contribution < 1.29 is 9.90 Å². The van der Waals surface area contributed by atoms with Crippen LogP contribution in [0.5, 0.6) is 0 Å². The summed E-state index contributed by atoms with van der Waals surface area (Å²) >= 11 is 0. The number of rotatable bonds is 3. The third kappa shape index (κ3) is 2.53. The van der Waals surface area contributed by atoms with Crippen LogP contribution in [0.2, 0.25) is 0 Å². The first-order valence-corrected chi connectivity index (χ1v) is 6.96. The fourth-order valence-corrected chi connectivity index (χ4v) is 2.46. The van der Waals surface area contributed by atoms with Gasteiger partial charge in [0.1, 0.15) is 12.4 Å². The van der Waals surface area contributed by atoms with Gasteiger partial charge in [-0.05, 0) is 37.1 Å². The summed E-state index contributed by atoms with van der Waals surface area (Å²) in [6.45, 7) is 3.69. The summed E-state index contributed by atoms with van der Waals surface area (Å²) in [7, 11) is 0. The Balaban J connectivity index is 2.49. The third-order valence-electron chi connectivity index (χ3n) is 3.75. The number of hydrogen-bond acceptors (Lipinski definition) is 6. The van der Waals surface area contributed by atoms with Gasteiger partial charge in [-0.15, -0.1) is 0 Å². The van der Waals surface area contributed by atoms with Crippen LogP contribution >= 0.6 is 0 Å². The van der Waals surface area contributed by atoms with E-state index in [0.29, 0.717) is 17.3 Å². The van der Waals surface area contributed by atoms with Crippen LogP contribution in [-0.2, 0) is 11.3 Å². The summed E-state index contributed by atoms with van der Waals surface area (Å²) in [5.74, 6) is 0.0374. The van der Waals surface area contributed by atoms with Gasteiger partial charge in [-0.3, -0.25) is 9.78 Å². The van der Waals surface area contributed by atoms with Gasteiger partial charge in [0, 0.05) is 0 Å². The number of fused-ring (bicyclic) bond motifs is 2. The van der Waals surface area contributed by atoms with Gasteiger partial charge in [0.2, 0.25) is 0 Å². The maximum atomic E-state index is 12.0. The van der Waals surface area contributed by atoms with Crippen molar-refractivity contribution in [3.63, 3.8) is 0 Å². The second-order valence-corrected chi connectivity index (χ2v) is 5.39. The van der Waals surface area contributed by atoms with Crippen molar-refractivity contribution in [1.82, 2.24) is 19.5 Å². The Morgan fingerprint density at radius 3 is 2.65 bits per heavy atom. The lowest BCUT2D eigenvalue weighted by Crippen LogP contribution is -2.30. The molecule has 0 radical (unpaired) electrons. The number of aromatic nitrogens is 4. The average molecular weight is 314 g/mol. The van der Waals surface area contributed by atoms with Crippen LogP contribution < -0.4 is 11.2 Å². The van der Waals surface area contributed by atoms with Crippen molar-refractivity contribution in [3.05, 3.63) is 44.1 Å². The molecule has 1 aromatic rings. The summed E-state index contributed by atoms with van der Waals surface area (Å²) in [6.07, 6.45) is -0.899. The maximum absolute atomic E-state index is 12.0. The van der Waals surface area contributed by atoms with Crippen molar-refractivity contribution in [2.75, 3.05) is 0 Å². The molecule has 0 bridgehead atoms. The van der Waals surface area contributed by atoms with Crippen molar-refractivity contribution in [2.45, 2.75) is 26.5 Å². The smallest absolute Gasteiger partial charge is 0.349 e. The van der Waals surface area contributed by atoms with E-state index in [2.05, 4.69) is 15.0 Å². The number of carbonyl (C=O) groups is 1. The summed E-state index contributed by atoms with van der Waals surface area (Å²) in [4.78, 5) is 44.5. The minimum atomic E-state index is -1.29. The Morgan fingerprint density at radius 2 is 1.96 bits per heavy atom. The van der Waals surface area contributed by atoms with Crippen LogP contribution in [0.3, 0.4) is 0 Å². The van der Waals surface area contributed by atoms with E-state index in [4.69, 9.17) is 0 Å². The molecule has 8 heteroatoms. The number of aryl methyl sites for hydroxylation is 2. The standard InChI is InChI=1S/C15H14N4O4/c1-7-3-10-11(4-8(7)2)19(5-9(21)6-20)13-12(16-10)14(22)18-15(23)17-13/h3-4,6,9,21H,5H2,1-2H3,(H,18,22,23). The molecule has 0 fully saturated rings. The number of nitrogens with one attached hydrogen (secondary N) is 1. The lowest BCUT2D eigenvalue weighted by molar-refractivity contribution is -0.115. The van der Waals surface area contributed by atoms with Crippen LogP contribution in [0.25, 0.3) is 22.6 Å². The molecule has 8 nitrogen and oxygen atoms in total. The molecule has 1 atom stereocenters. The Kier molecular flexibility index (Phi) is 3.53. The van der Waals surface area contributed by atoms with Crippen molar-refractivity contribution in [3.8, 4) is 11.5 Å². The van der Waals surface area contributed by atoms with Gasteiger partial charge >= 0.3 is 5.69 Å². The second kappa shape index (κ2) is 5.40. The van der Waals surface area contributed by atoms with E-state index >= 15 is 0 Å². The molecule has 2 N–H and O–H groups in total. The molecule has 2 aliphatic rings. The molecule has 0 aromatic heterocycles. The number of aliphatic hydroxyl groups is 1. The van der Waals surface area contributed by atoms with Gasteiger partial charge < -0.3 is 14.5 Å². The quantitative estimate of drug-likeness (QED) is 0.509. The van der Waals surface area contributed by atoms with Crippen LogP contribution in [-0.4, -0.2) is 37.0 Å². The molecule has 0 saturated carbocycles. The SMILES string of the molecule is Cc1cc2nc3c(=O)[nH]c(=O)nc-3n(CC(O)C=O)c2cc1C. The molecule has 118 valence electrons. The summed E-state index contributed by atoms with van der Waals surface area (Å²) in [5, 5.41) is 9.69. The molecule has 0 amide bonds. The first kappa shape index (κ1) is 15.0. The van der Waals surface area contributed by atoms with E-state index < -0.39 is 17.4 Å². The number of aldehydes is 1. The molecule has 0 saturated heterocycles. The van der Waals surface area contributed by atoms with Crippen molar-refractivity contribution in [1.29, 1.82) is 0 Å². The van der Waals surface area contributed by atoms with E-state index in [1.54, 1.807) is 6.07 Å². The van der Waals surface area contributed by atoms with Crippen LogP contribution in [0.15, 0.2) is 21.7 Å². The lowest BCUT2D eigenvalue weighted by atomic mass is 10.1. The van der Waals surface area contributed by atoms with Gasteiger partial charge in [0.15, 0.2) is 11.5 Å². The topological polar surface area (TPSA) is 118 Å². The molecule has 1 unspecified atom stereocenters. The molecular formula is C15H14N4O4. The van der Waals surface area contributed by atoms with Crippen molar-refractivity contribution in [2.24, 2.45) is 0 Å². The van der Waals surface area contributed by atoms with E-state index in [1.807, 2.05) is 19.9 Å². The Morgan fingerprint density at radius 1 is 1.26 bits per heavy atom. The fourth-order valence-electron chi connectivity index (χ4n) is 2.46. The van der Waals surface area contributed by atoms with Gasteiger partial charge in [0.25, 0.3) is 5.56 Å². The van der Waals surface area contributed by atoms with Gasteiger partial charge in [-0.25, -0.2) is 9.78 Å². The second-order valence-electron chi connectivity index (χ2n) is 5.39. The molecule has 23 heavy (non-hydrogen) atoms. The largest absolute Gasteiger partial charge is 0.384 e. The normalized spacial score (nSPS) is 12.7. The highest BCUT2D eigenvalue weighted by atomic mass is 16.3. The van der Waals surface area contributed by atoms with E-state index in [0.717, 1.165) is 11.1 Å². The van der Waals surface area contributed by atoms with Gasteiger partial charge in [-0.1, -0.05) is 0 Å². The number of carbonyl (C=O) groups excluding carboxylic acids is 1. The molecule has 0 aliphatic carbocycles. The van der Waals surface area contributed by atoms with Crippen LogP contribution in [0.1, 0.15) is 11.1 Å². The first-order chi connectivity index (χ1) is 10.9. The number of benzene rings is 1. The molecule has 2 heterocycles. The van der Waals surface area contributed by atoms with Crippen LogP contribution in [0, 0.1) is 13.8 Å². The van der Waals surface area contributed by atoms with E-state index in [9.17, 15) is 19.5 Å². The van der Waals surface area contributed by atoms with E-state index in [1.165, 1.54) is 4.57 Å². The predicted octanol–water partition coefficient (Wildman–Crippen LogP) is -0.239. The van der Waals surface area contributed by atoms with Gasteiger partial charge in [0.05, 0.1) is 17.6 Å². The summed E-state index contributed by atoms with van der Waals surface area (Å²) in [5.41, 5.74) is 1.58. The predicted molar refractivity (Wildman–Crippen MR) is 82.6 cm³/mol. The summed E-state index contributed by atoms with van der Waals surface area (Å²) < 4.78 is 1.47. The zero-order chi connectivity index (χ0) is 16.7. The summed E-state index contributed by atoms with van der Waals surface area (Å²) in [6, 6.07) is 3.63. The molecule has 2 aliphatic heterocycles. The lowest BCUT2D eigenvalue weighted by Gasteiger charge is -2.18. The van der Waals surface area contributed by atoms with E-state index in [-0.39, 0.29) is 18.1 Å². The number of hydrogen-bond donors (Lipinski definition) is 2. The minimum absolute atomic E-state index is 0.0153. The zero-order valence-corrected chi connectivity index (χ0v) is 12.5. The first-order valence-electron chi connectivity index (χ1n) is 6.96. The molecular weight excluding hydrogens is 300 g/mol. The molecule has 0 spiro atoms. The number of nitrogens with zero attached hydrogens (tertiary/aromatic N) is 3. The Hall–Kier alpha value is -2.87. The van der Waals surface area contributed by atoms with Crippen LogP contribution in [0.4, 0.5) is 0 Å².